The Bertz CT molecular complexity index is 999. The van der Waals surface area contributed by atoms with Crippen LogP contribution in [0.2, 0.25) is 0 Å². The fourth-order valence-electron chi connectivity index (χ4n) is 3.14. The Morgan fingerprint density at radius 3 is 2.30 bits per heavy atom. The molecule has 8 nitrogen and oxygen atoms in total. The third kappa shape index (κ3) is 5.31. The molecule has 2 heterocycles. The molecule has 1 saturated heterocycles. The van der Waals surface area contributed by atoms with E-state index in [2.05, 4.69) is 16.3 Å². The molecule has 1 N–H and O–H groups in total. The van der Waals surface area contributed by atoms with Crippen molar-refractivity contribution in [3.63, 3.8) is 0 Å². The summed E-state index contributed by atoms with van der Waals surface area (Å²) in [5.41, 5.74) is 1.13. The number of hydrogen-bond donors (Lipinski definition) is 1. The molecule has 0 atom stereocenters. The van der Waals surface area contributed by atoms with Crippen molar-refractivity contribution in [2.45, 2.75) is 11.3 Å². The largest absolute Gasteiger partial charge is 0.339 e. The third-order valence-corrected chi connectivity index (χ3v) is 6.25. The highest BCUT2D eigenvalue weighted by Gasteiger charge is 2.25. The SMILES string of the molecule is C=CCNS(=O)(=O)c1ccc(C(=O)N2CCN(C(=O)Cc3ccccn3)CC2)cc1. The second-order valence-electron chi connectivity index (χ2n) is 6.84. The zero-order valence-electron chi connectivity index (χ0n) is 16.5. The maximum Gasteiger partial charge on any atom is 0.253 e. The number of benzene rings is 1. The van der Waals surface area contributed by atoms with Crippen molar-refractivity contribution < 1.29 is 18.0 Å². The van der Waals surface area contributed by atoms with Crippen LogP contribution in [-0.2, 0) is 21.2 Å². The van der Waals surface area contributed by atoms with Gasteiger partial charge in [-0.2, -0.15) is 0 Å². The van der Waals surface area contributed by atoms with Crippen LogP contribution in [0.3, 0.4) is 0 Å². The van der Waals surface area contributed by atoms with E-state index >= 15 is 0 Å². The van der Waals surface area contributed by atoms with Gasteiger partial charge in [-0.05, 0) is 36.4 Å². The van der Waals surface area contributed by atoms with Gasteiger partial charge in [0.05, 0.1) is 11.3 Å². The molecule has 2 aromatic rings. The van der Waals surface area contributed by atoms with Crippen molar-refractivity contribution >= 4 is 21.8 Å². The molecule has 3 rings (SSSR count). The Balaban J connectivity index is 1.56. The lowest BCUT2D eigenvalue weighted by Gasteiger charge is -2.34. The van der Waals surface area contributed by atoms with Gasteiger partial charge in [-0.3, -0.25) is 14.6 Å². The third-order valence-electron chi connectivity index (χ3n) is 4.81. The van der Waals surface area contributed by atoms with E-state index in [4.69, 9.17) is 0 Å². The summed E-state index contributed by atoms with van der Waals surface area (Å²) in [7, 11) is -3.63. The summed E-state index contributed by atoms with van der Waals surface area (Å²) in [4.78, 5) is 32.8. The van der Waals surface area contributed by atoms with Crippen LogP contribution in [0.5, 0.6) is 0 Å². The minimum absolute atomic E-state index is 0.0117. The number of sulfonamides is 1. The number of piperazine rings is 1. The molecule has 30 heavy (non-hydrogen) atoms. The standard InChI is InChI=1S/C21H24N4O4S/c1-2-10-23-30(28,29)19-8-6-17(7-9-19)21(27)25-14-12-24(13-15-25)20(26)16-18-5-3-4-11-22-18/h2-9,11,23H,1,10,12-16H2. The fraction of sp³-hybridized carbons (Fsp3) is 0.286. The van der Waals surface area contributed by atoms with Crippen LogP contribution in [0.1, 0.15) is 16.1 Å². The summed E-state index contributed by atoms with van der Waals surface area (Å²) in [5, 5.41) is 0. The first-order valence-corrected chi connectivity index (χ1v) is 11.1. The summed E-state index contributed by atoms with van der Waals surface area (Å²) in [6, 6.07) is 11.3. The van der Waals surface area contributed by atoms with Gasteiger partial charge in [0, 0.05) is 50.2 Å². The van der Waals surface area contributed by atoms with Crippen LogP contribution in [0.25, 0.3) is 0 Å². The first-order valence-electron chi connectivity index (χ1n) is 9.58. The van der Waals surface area contributed by atoms with E-state index in [0.29, 0.717) is 31.7 Å². The summed E-state index contributed by atoms with van der Waals surface area (Å²) < 4.78 is 26.6. The molecular weight excluding hydrogens is 404 g/mol. The monoisotopic (exact) mass is 428 g/mol. The van der Waals surface area contributed by atoms with Gasteiger partial charge in [-0.15, -0.1) is 6.58 Å². The van der Waals surface area contributed by atoms with Crippen LogP contribution >= 0.6 is 0 Å². The van der Waals surface area contributed by atoms with Gasteiger partial charge in [0.1, 0.15) is 0 Å². The molecule has 1 fully saturated rings. The summed E-state index contributed by atoms with van der Waals surface area (Å²) in [6.07, 6.45) is 3.35. The Kier molecular flexibility index (Phi) is 6.96. The number of rotatable bonds is 7. The molecule has 1 aromatic heterocycles. The second kappa shape index (κ2) is 9.64. The van der Waals surface area contributed by atoms with Crippen LogP contribution in [0.15, 0.2) is 66.2 Å². The van der Waals surface area contributed by atoms with Crippen molar-refractivity contribution in [3.8, 4) is 0 Å². The average Bonchev–Trinajstić information content (AvgIpc) is 2.78. The highest BCUT2D eigenvalue weighted by Crippen LogP contribution is 2.14. The lowest BCUT2D eigenvalue weighted by atomic mass is 10.1. The van der Waals surface area contributed by atoms with E-state index in [1.54, 1.807) is 22.1 Å². The van der Waals surface area contributed by atoms with Gasteiger partial charge < -0.3 is 9.80 Å². The number of amides is 2. The summed E-state index contributed by atoms with van der Waals surface area (Å²) in [6.45, 7) is 5.37. The average molecular weight is 429 g/mol. The molecule has 9 heteroatoms. The van der Waals surface area contributed by atoms with Crippen molar-refractivity contribution in [2.24, 2.45) is 0 Å². The molecule has 0 bridgehead atoms. The first kappa shape index (κ1) is 21.7. The normalized spacial score (nSPS) is 14.4. The van der Waals surface area contributed by atoms with Crippen LogP contribution in [0.4, 0.5) is 0 Å². The molecule has 0 unspecified atom stereocenters. The molecule has 0 radical (unpaired) electrons. The van der Waals surface area contributed by atoms with Crippen molar-refractivity contribution in [2.75, 3.05) is 32.7 Å². The van der Waals surface area contributed by atoms with Gasteiger partial charge in [0.25, 0.3) is 5.91 Å². The van der Waals surface area contributed by atoms with Crippen molar-refractivity contribution in [1.82, 2.24) is 19.5 Å². The molecule has 1 aliphatic rings. The number of aromatic nitrogens is 1. The lowest BCUT2D eigenvalue weighted by Crippen LogP contribution is -2.51. The maximum atomic E-state index is 12.7. The molecule has 2 amide bonds. The topological polar surface area (TPSA) is 99.7 Å². The van der Waals surface area contributed by atoms with E-state index in [-0.39, 0.29) is 29.7 Å². The molecule has 0 saturated carbocycles. The van der Waals surface area contributed by atoms with Gasteiger partial charge in [-0.1, -0.05) is 12.1 Å². The molecule has 1 aliphatic heterocycles. The zero-order valence-corrected chi connectivity index (χ0v) is 17.3. The van der Waals surface area contributed by atoms with E-state index in [0.717, 1.165) is 5.69 Å². The summed E-state index contributed by atoms with van der Waals surface area (Å²) >= 11 is 0. The number of nitrogens with one attached hydrogen (secondary N) is 1. The number of carbonyl (C=O) groups is 2. The number of carbonyl (C=O) groups excluding carboxylic acids is 2. The van der Waals surface area contributed by atoms with Gasteiger partial charge >= 0.3 is 0 Å². The van der Waals surface area contributed by atoms with Crippen LogP contribution in [-0.4, -0.2) is 67.7 Å². The maximum absolute atomic E-state index is 12.7. The van der Waals surface area contributed by atoms with E-state index in [1.807, 2.05) is 12.1 Å². The van der Waals surface area contributed by atoms with Crippen LogP contribution in [0, 0.1) is 0 Å². The predicted octanol–water partition coefficient (Wildman–Crippen LogP) is 1.07. The predicted molar refractivity (Wildman–Crippen MR) is 112 cm³/mol. The Labute approximate surface area is 176 Å². The van der Waals surface area contributed by atoms with Crippen LogP contribution < -0.4 is 4.72 Å². The highest BCUT2D eigenvalue weighted by atomic mass is 32.2. The molecule has 0 spiro atoms. The Morgan fingerprint density at radius 2 is 1.70 bits per heavy atom. The van der Waals surface area contributed by atoms with Gasteiger partial charge in [-0.25, -0.2) is 13.1 Å². The molecule has 1 aromatic carbocycles. The number of nitrogens with zero attached hydrogens (tertiary/aromatic N) is 3. The summed E-state index contributed by atoms with van der Waals surface area (Å²) in [5.74, 6) is -0.197. The fourth-order valence-corrected chi connectivity index (χ4v) is 4.14. The Hall–Kier alpha value is -3.04. The molecule has 0 aliphatic carbocycles. The van der Waals surface area contributed by atoms with Crippen molar-refractivity contribution in [3.05, 3.63) is 72.6 Å². The Morgan fingerprint density at radius 1 is 1.03 bits per heavy atom. The minimum atomic E-state index is -3.63. The lowest BCUT2D eigenvalue weighted by molar-refractivity contribution is -0.132. The van der Waals surface area contributed by atoms with Gasteiger partial charge in [0.15, 0.2) is 0 Å². The quantitative estimate of drug-likeness (QED) is 0.665. The minimum Gasteiger partial charge on any atom is -0.339 e. The second-order valence-corrected chi connectivity index (χ2v) is 8.60. The molecule has 158 valence electrons. The van der Waals surface area contributed by atoms with E-state index in [1.165, 1.54) is 30.3 Å². The smallest absolute Gasteiger partial charge is 0.253 e. The number of hydrogen-bond acceptors (Lipinski definition) is 5. The highest BCUT2D eigenvalue weighted by molar-refractivity contribution is 7.89. The van der Waals surface area contributed by atoms with Crippen molar-refractivity contribution in [1.29, 1.82) is 0 Å². The van der Waals surface area contributed by atoms with E-state index in [9.17, 15) is 18.0 Å². The first-order chi connectivity index (χ1) is 14.4. The van der Waals surface area contributed by atoms with E-state index < -0.39 is 10.0 Å². The zero-order chi connectivity index (χ0) is 21.6. The molecular formula is C21H24N4O4S. The van der Waals surface area contributed by atoms with Gasteiger partial charge in [0.2, 0.25) is 15.9 Å². The number of pyridine rings is 1.